The van der Waals surface area contributed by atoms with Gasteiger partial charge in [0.2, 0.25) is 0 Å². The Balaban J connectivity index is 2.08. The van der Waals surface area contributed by atoms with E-state index in [0.29, 0.717) is 5.69 Å². The molecule has 0 fully saturated rings. The maximum Gasteiger partial charge on any atom is 0.119 e. The van der Waals surface area contributed by atoms with Crippen LogP contribution in [0.2, 0.25) is 0 Å². The van der Waals surface area contributed by atoms with Crippen LogP contribution >= 0.6 is 0 Å². The minimum atomic E-state index is 0.708. The molecule has 0 aliphatic heterocycles. The summed E-state index contributed by atoms with van der Waals surface area (Å²) in [5.41, 5.74) is 12.8. The van der Waals surface area contributed by atoms with Crippen LogP contribution in [0.5, 0.6) is 5.75 Å². The number of methoxy groups -OCH3 is 1. The van der Waals surface area contributed by atoms with Crippen LogP contribution in [0.1, 0.15) is 16.7 Å². The van der Waals surface area contributed by atoms with Gasteiger partial charge in [-0.1, -0.05) is 11.3 Å². The number of anilines is 1. The lowest BCUT2D eigenvalue weighted by Crippen LogP contribution is -1.99. The first-order valence-corrected chi connectivity index (χ1v) is 7.44. The van der Waals surface area contributed by atoms with Crippen molar-refractivity contribution >= 4 is 5.69 Å². The molecule has 3 rings (SSSR count). The van der Waals surface area contributed by atoms with E-state index in [1.165, 1.54) is 0 Å². The van der Waals surface area contributed by atoms with Crippen molar-refractivity contribution in [2.75, 3.05) is 12.8 Å². The molecule has 5 heteroatoms. The monoisotopic (exact) mass is 308 g/mol. The molecule has 0 aliphatic carbocycles. The first-order chi connectivity index (χ1) is 11.0. The third kappa shape index (κ3) is 2.77. The van der Waals surface area contributed by atoms with Crippen LogP contribution in [-0.4, -0.2) is 22.1 Å². The molecular formula is C18H20N4O. The summed E-state index contributed by atoms with van der Waals surface area (Å²) in [6.45, 7) is 6.13. The van der Waals surface area contributed by atoms with Crippen LogP contribution in [0.25, 0.3) is 16.9 Å². The SMILES string of the molecule is COc1cc(C)c(-c2cn(-c3cc(N)ccc3C)nn2)c(C)c1. The van der Waals surface area contributed by atoms with E-state index in [1.54, 1.807) is 11.8 Å². The Bertz CT molecular complexity index is 844. The van der Waals surface area contributed by atoms with Crippen LogP contribution in [0.4, 0.5) is 5.69 Å². The standard InChI is InChI=1S/C18H20N4O/c1-11-5-6-14(19)9-17(11)22-10-16(20-21-22)18-12(2)7-15(23-4)8-13(18)3/h5-10H,19H2,1-4H3. The van der Waals surface area contributed by atoms with Gasteiger partial charge in [-0.25, -0.2) is 4.68 Å². The largest absolute Gasteiger partial charge is 0.497 e. The number of benzene rings is 2. The van der Waals surface area contributed by atoms with Crippen molar-refractivity contribution in [2.24, 2.45) is 0 Å². The maximum atomic E-state index is 5.89. The van der Waals surface area contributed by atoms with Crippen LogP contribution in [0, 0.1) is 20.8 Å². The van der Waals surface area contributed by atoms with Crippen LogP contribution in [0.15, 0.2) is 36.5 Å². The highest BCUT2D eigenvalue weighted by Gasteiger charge is 2.13. The van der Waals surface area contributed by atoms with Crippen molar-refractivity contribution in [2.45, 2.75) is 20.8 Å². The number of nitrogens with two attached hydrogens (primary N) is 1. The smallest absolute Gasteiger partial charge is 0.119 e. The topological polar surface area (TPSA) is 66.0 Å². The predicted molar refractivity (Wildman–Crippen MR) is 92.0 cm³/mol. The van der Waals surface area contributed by atoms with E-state index in [0.717, 1.165) is 39.4 Å². The molecule has 1 aromatic heterocycles. The molecule has 5 nitrogen and oxygen atoms in total. The number of ether oxygens (including phenoxy) is 1. The summed E-state index contributed by atoms with van der Waals surface area (Å²) < 4.78 is 7.08. The van der Waals surface area contributed by atoms with E-state index < -0.39 is 0 Å². The lowest BCUT2D eigenvalue weighted by atomic mass is 10.00. The van der Waals surface area contributed by atoms with Crippen molar-refractivity contribution in [3.63, 3.8) is 0 Å². The Kier molecular flexibility index (Phi) is 3.78. The van der Waals surface area contributed by atoms with Crippen molar-refractivity contribution in [1.29, 1.82) is 0 Å². The average molecular weight is 308 g/mol. The summed E-state index contributed by atoms with van der Waals surface area (Å²) in [6, 6.07) is 9.78. The second-order valence-electron chi connectivity index (χ2n) is 5.73. The molecule has 0 spiro atoms. The summed E-state index contributed by atoms with van der Waals surface area (Å²) in [4.78, 5) is 0. The molecule has 0 saturated heterocycles. The Morgan fingerprint density at radius 1 is 1.00 bits per heavy atom. The van der Waals surface area contributed by atoms with Gasteiger partial charge in [-0.15, -0.1) is 5.10 Å². The molecule has 118 valence electrons. The van der Waals surface area contributed by atoms with Gasteiger partial charge in [0.05, 0.1) is 19.0 Å². The van der Waals surface area contributed by atoms with Gasteiger partial charge in [0.15, 0.2) is 0 Å². The summed E-state index contributed by atoms with van der Waals surface area (Å²) >= 11 is 0. The highest BCUT2D eigenvalue weighted by Crippen LogP contribution is 2.30. The summed E-state index contributed by atoms with van der Waals surface area (Å²) in [5.74, 6) is 0.850. The average Bonchev–Trinajstić information content (AvgIpc) is 2.98. The van der Waals surface area contributed by atoms with E-state index in [1.807, 2.05) is 43.5 Å². The number of aryl methyl sites for hydroxylation is 3. The van der Waals surface area contributed by atoms with Gasteiger partial charge >= 0.3 is 0 Å². The van der Waals surface area contributed by atoms with Gasteiger partial charge in [0.25, 0.3) is 0 Å². The Morgan fingerprint density at radius 3 is 2.35 bits per heavy atom. The highest BCUT2D eigenvalue weighted by molar-refractivity contribution is 5.68. The summed E-state index contributed by atoms with van der Waals surface area (Å²) in [7, 11) is 1.67. The number of nitrogens with zero attached hydrogens (tertiary/aromatic N) is 3. The van der Waals surface area contributed by atoms with Gasteiger partial charge in [-0.3, -0.25) is 0 Å². The minimum absolute atomic E-state index is 0.708. The highest BCUT2D eigenvalue weighted by atomic mass is 16.5. The number of hydrogen-bond acceptors (Lipinski definition) is 4. The van der Waals surface area contributed by atoms with E-state index in [-0.39, 0.29) is 0 Å². The van der Waals surface area contributed by atoms with Gasteiger partial charge in [0, 0.05) is 11.3 Å². The Hall–Kier alpha value is -2.82. The molecule has 0 amide bonds. The van der Waals surface area contributed by atoms with E-state index in [4.69, 9.17) is 10.5 Å². The normalized spacial score (nSPS) is 10.8. The summed E-state index contributed by atoms with van der Waals surface area (Å²) in [5, 5.41) is 8.61. The summed E-state index contributed by atoms with van der Waals surface area (Å²) in [6.07, 6.45) is 1.93. The fourth-order valence-corrected chi connectivity index (χ4v) is 2.82. The molecule has 2 N–H and O–H groups in total. The lowest BCUT2D eigenvalue weighted by molar-refractivity contribution is 0.414. The molecule has 3 aromatic rings. The number of rotatable bonds is 3. The van der Waals surface area contributed by atoms with Crippen LogP contribution < -0.4 is 10.5 Å². The number of nitrogen functional groups attached to an aromatic ring is 1. The molecular weight excluding hydrogens is 288 g/mol. The Morgan fingerprint density at radius 2 is 1.70 bits per heavy atom. The molecule has 0 radical (unpaired) electrons. The fraction of sp³-hybridized carbons (Fsp3) is 0.222. The quantitative estimate of drug-likeness (QED) is 0.753. The predicted octanol–water partition coefficient (Wildman–Crippen LogP) is 3.45. The molecule has 0 saturated carbocycles. The second-order valence-corrected chi connectivity index (χ2v) is 5.73. The molecule has 1 heterocycles. The van der Waals surface area contributed by atoms with Crippen molar-refractivity contribution < 1.29 is 4.74 Å². The van der Waals surface area contributed by atoms with Crippen LogP contribution in [-0.2, 0) is 0 Å². The minimum Gasteiger partial charge on any atom is -0.497 e. The molecule has 0 unspecified atom stereocenters. The van der Waals surface area contributed by atoms with Crippen molar-refractivity contribution in [1.82, 2.24) is 15.0 Å². The zero-order valence-corrected chi connectivity index (χ0v) is 13.8. The van der Waals surface area contributed by atoms with Gasteiger partial charge in [0.1, 0.15) is 11.4 Å². The second kappa shape index (κ2) is 5.76. The molecule has 23 heavy (non-hydrogen) atoms. The first kappa shape index (κ1) is 15.1. The third-order valence-electron chi connectivity index (χ3n) is 3.97. The molecule has 0 aliphatic rings. The van der Waals surface area contributed by atoms with E-state index >= 15 is 0 Å². The fourth-order valence-electron chi connectivity index (χ4n) is 2.82. The van der Waals surface area contributed by atoms with E-state index in [9.17, 15) is 0 Å². The zero-order valence-electron chi connectivity index (χ0n) is 13.8. The van der Waals surface area contributed by atoms with Crippen molar-refractivity contribution in [3.05, 3.63) is 53.2 Å². The Labute approximate surface area is 135 Å². The molecule has 0 bridgehead atoms. The molecule has 2 aromatic carbocycles. The number of hydrogen-bond donors (Lipinski definition) is 1. The van der Waals surface area contributed by atoms with Crippen LogP contribution in [0.3, 0.4) is 0 Å². The van der Waals surface area contributed by atoms with Crippen molar-refractivity contribution in [3.8, 4) is 22.7 Å². The third-order valence-corrected chi connectivity index (χ3v) is 3.97. The number of aromatic nitrogens is 3. The zero-order chi connectivity index (χ0) is 16.6. The van der Waals surface area contributed by atoms with Gasteiger partial charge in [-0.2, -0.15) is 0 Å². The first-order valence-electron chi connectivity index (χ1n) is 7.44. The molecule has 0 atom stereocenters. The van der Waals surface area contributed by atoms with Gasteiger partial charge in [-0.05, 0) is 61.7 Å². The lowest BCUT2D eigenvalue weighted by Gasteiger charge is -2.09. The van der Waals surface area contributed by atoms with Gasteiger partial charge < -0.3 is 10.5 Å². The van der Waals surface area contributed by atoms with E-state index in [2.05, 4.69) is 24.2 Å². The maximum absolute atomic E-state index is 5.89.